The lowest BCUT2D eigenvalue weighted by Gasteiger charge is -2.42. The molecule has 0 aliphatic heterocycles. The average molecular weight is 788 g/mol. The van der Waals surface area contributed by atoms with Gasteiger partial charge in [0, 0.05) is 52.4 Å². The molecule has 0 aliphatic carbocycles. The van der Waals surface area contributed by atoms with E-state index in [4.69, 9.17) is 19.4 Å². The topological polar surface area (TPSA) is 51.8 Å². The average Bonchev–Trinajstić information content (AvgIpc) is 3.73. The van der Waals surface area contributed by atoms with E-state index < -0.39 is 10.0 Å². The van der Waals surface area contributed by atoms with Crippen LogP contribution in [0.2, 0.25) is 0 Å². The molecule has 0 atom stereocenters. The highest BCUT2D eigenvalue weighted by atomic mass is 32.3. The van der Waals surface area contributed by atoms with E-state index in [9.17, 15) is 0 Å². The normalized spacial score (nSPS) is 11.9. The number of fused-ring (bicyclic) bond motifs is 5. The molecule has 0 radical (unpaired) electrons. The highest BCUT2D eigenvalue weighted by Crippen LogP contribution is 2.73. The number of rotatable bonds is 8. The molecule has 0 aliphatic rings. The van der Waals surface area contributed by atoms with Crippen molar-refractivity contribution in [1.82, 2.24) is 15.0 Å². The first kappa shape index (κ1) is 35.6. The molecule has 0 saturated heterocycles. The number of furan rings is 1. The Morgan fingerprint density at radius 2 is 0.833 bits per heavy atom. The number of benzene rings is 9. The second kappa shape index (κ2) is 15.0. The summed E-state index contributed by atoms with van der Waals surface area (Å²) >= 11 is 0. The SMILES string of the molecule is c1ccc(-c2ccc(-c3nc(-c4cccc(S(c5ccccc5)(c5ccccc5)c5ccccc5)c4)nc(-c4cccc5oc6c7ccccc7ccc6c45)n3)cc2)cc1. The van der Waals surface area contributed by atoms with E-state index in [1.807, 2.05) is 18.2 Å². The van der Waals surface area contributed by atoms with Crippen molar-refractivity contribution in [3.8, 4) is 45.3 Å². The van der Waals surface area contributed by atoms with Crippen molar-refractivity contribution in [3.05, 3.63) is 224 Å². The van der Waals surface area contributed by atoms with Crippen molar-refractivity contribution >= 4 is 42.7 Å². The van der Waals surface area contributed by atoms with Gasteiger partial charge in [0.05, 0.1) is 0 Å². The number of aromatic nitrogens is 3. The zero-order valence-electron chi connectivity index (χ0n) is 32.5. The lowest BCUT2D eigenvalue weighted by molar-refractivity contribution is 0.672. The van der Waals surface area contributed by atoms with E-state index in [0.717, 1.165) is 60.5 Å². The van der Waals surface area contributed by atoms with Gasteiger partial charge in [-0.2, -0.15) is 0 Å². The van der Waals surface area contributed by atoms with Crippen molar-refractivity contribution < 1.29 is 4.42 Å². The summed E-state index contributed by atoms with van der Waals surface area (Å²) in [4.78, 5) is 20.8. The van der Waals surface area contributed by atoms with Crippen molar-refractivity contribution in [3.63, 3.8) is 0 Å². The maximum absolute atomic E-state index is 6.62. The Hall–Kier alpha value is -7.60. The third-order valence-corrected chi connectivity index (χ3v) is 15.1. The molecule has 0 amide bonds. The van der Waals surface area contributed by atoms with Gasteiger partial charge in [-0.3, -0.25) is 0 Å². The number of hydrogen-bond donors (Lipinski definition) is 0. The van der Waals surface area contributed by atoms with Crippen LogP contribution in [0.25, 0.3) is 78.0 Å². The van der Waals surface area contributed by atoms with Crippen molar-refractivity contribution in [2.45, 2.75) is 19.6 Å². The van der Waals surface area contributed by atoms with Gasteiger partial charge in [-0.05, 0) is 77.2 Å². The lowest BCUT2D eigenvalue weighted by atomic mass is 10.0. The van der Waals surface area contributed by atoms with Gasteiger partial charge in [-0.25, -0.2) is 15.0 Å². The first-order chi connectivity index (χ1) is 29.7. The second-order valence-corrected chi connectivity index (χ2v) is 17.9. The minimum atomic E-state index is -1.94. The van der Waals surface area contributed by atoms with Crippen LogP contribution >= 0.6 is 10.0 Å². The van der Waals surface area contributed by atoms with Gasteiger partial charge in [0.1, 0.15) is 11.2 Å². The maximum atomic E-state index is 6.62. The van der Waals surface area contributed by atoms with E-state index in [2.05, 4.69) is 206 Å². The molecule has 0 unspecified atom stereocenters. The molecule has 2 heterocycles. The van der Waals surface area contributed by atoms with E-state index in [1.54, 1.807) is 0 Å². The Kier molecular flexibility index (Phi) is 8.87. The van der Waals surface area contributed by atoms with Crippen LogP contribution < -0.4 is 0 Å². The predicted molar refractivity (Wildman–Crippen MR) is 246 cm³/mol. The smallest absolute Gasteiger partial charge is 0.164 e. The molecule has 0 fully saturated rings. The molecule has 0 spiro atoms. The van der Waals surface area contributed by atoms with Crippen LogP contribution in [-0.2, 0) is 0 Å². The molecule has 11 rings (SSSR count). The van der Waals surface area contributed by atoms with Crippen LogP contribution in [0.1, 0.15) is 0 Å². The quantitative estimate of drug-likeness (QED) is 0.154. The molecule has 9 aromatic carbocycles. The summed E-state index contributed by atoms with van der Waals surface area (Å²) in [6, 6.07) is 79.3. The van der Waals surface area contributed by atoms with Crippen LogP contribution in [0.5, 0.6) is 0 Å². The van der Waals surface area contributed by atoms with Crippen molar-refractivity contribution in [1.29, 1.82) is 0 Å². The molecule has 0 N–H and O–H groups in total. The van der Waals surface area contributed by atoms with Gasteiger partial charge in [0.2, 0.25) is 0 Å². The van der Waals surface area contributed by atoms with Gasteiger partial charge in [-0.15, -0.1) is 10.0 Å². The first-order valence-electron chi connectivity index (χ1n) is 20.1. The summed E-state index contributed by atoms with van der Waals surface area (Å²) in [5.41, 5.74) is 6.64. The standard InChI is InChI=1S/C55H37N3OS/c1-5-17-38(18-6-1)39-31-33-41(34-32-39)53-56-54(58-55(57-53)49-29-16-30-50-51(49)48-36-35-40-19-13-14-28-47(40)52(48)59-50)42-20-15-27-46(37-42)60(43-21-7-2-8-22-43,44-23-9-3-10-24-44)45-25-11-4-12-26-45/h1-37H. The Labute approximate surface area is 349 Å². The van der Waals surface area contributed by atoms with Crippen LogP contribution in [0, 0.1) is 0 Å². The van der Waals surface area contributed by atoms with Gasteiger partial charge >= 0.3 is 0 Å². The Morgan fingerprint density at radius 1 is 0.333 bits per heavy atom. The summed E-state index contributed by atoms with van der Waals surface area (Å²) in [6.07, 6.45) is 0. The summed E-state index contributed by atoms with van der Waals surface area (Å²) in [5.74, 6) is 1.78. The van der Waals surface area contributed by atoms with Crippen LogP contribution in [0.3, 0.4) is 0 Å². The number of nitrogens with zero attached hydrogens (tertiary/aromatic N) is 3. The minimum absolute atomic E-state index is 0.585. The lowest BCUT2D eigenvalue weighted by Crippen LogP contribution is -2.06. The van der Waals surface area contributed by atoms with Gasteiger partial charge in [0.25, 0.3) is 0 Å². The third kappa shape index (κ3) is 6.07. The van der Waals surface area contributed by atoms with Gasteiger partial charge in [0.15, 0.2) is 17.5 Å². The van der Waals surface area contributed by atoms with Crippen LogP contribution in [0.15, 0.2) is 248 Å². The Balaban J connectivity index is 1.15. The number of hydrogen-bond acceptors (Lipinski definition) is 4. The molecule has 2 aromatic heterocycles. The van der Waals surface area contributed by atoms with E-state index in [1.165, 1.54) is 19.6 Å². The molecular formula is C55H37N3OS. The molecule has 0 saturated carbocycles. The molecule has 60 heavy (non-hydrogen) atoms. The molecule has 4 nitrogen and oxygen atoms in total. The Bertz CT molecular complexity index is 3200. The molecule has 0 bridgehead atoms. The highest BCUT2D eigenvalue weighted by molar-refractivity contribution is 8.34. The molecular weight excluding hydrogens is 751 g/mol. The summed E-state index contributed by atoms with van der Waals surface area (Å²) in [6.45, 7) is 0. The van der Waals surface area contributed by atoms with Crippen molar-refractivity contribution in [2.24, 2.45) is 0 Å². The summed E-state index contributed by atoms with van der Waals surface area (Å²) in [5, 5.41) is 4.22. The third-order valence-electron chi connectivity index (χ3n) is 11.2. The fourth-order valence-corrected chi connectivity index (χ4v) is 12.4. The van der Waals surface area contributed by atoms with Gasteiger partial charge in [-0.1, -0.05) is 164 Å². The first-order valence-corrected chi connectivity index (χ1v) is 21.7. The summed E-state index contributed by atoms with van der Waals surface area (Å²) in [7, 11) is -1.94. The van der Waals surface area contributed by atoms with Gasteiger partial charge < -0.3 is 4.42 Å². The van der Waals surface area contributed by atoms with Crippen molar-refractivity contribution in [2.75, 3.05) is 0 Å². The van der Waals surface area contributed by atoms with E-state index in [-0.39, 0.29) is 0 Å². The molecule has 11 aromatic rings. The summed E-state index contributed by atoms with van der Waals surface area (Å²) < 4.78 is 6.62. The maximum Gasteiger partial charge on any atom is 0.164 e. The zero-order valence-corrected chi connectivity index (χ0v) is 33.3. The zero-order chi connectivity index (χ0) is 39.9. The minimum Gasteiger partial charge on any atom is -0.455 e. The predicted octanol–water partition coefficient (Wildman–Crippen LogP) is 14.9. The highest BCUT2D eigenvalue weighted by Gasteiger charge is 2.33. The fraction of sp³-hybridized carbons (Fsp3) is 0. The second-order valence-electron chi connectivity index (χ2n) is 14.8. The van der Waals surface area contributed by atoms with E-state index >= 15 is 0 Å². The largest absolute Gasteiger partial charge is 0.455 e. The van der Waals surface area contributed by atoms with E-state index in [0.29, 0.717) is 17.5 Å². The van der Waals surface area contributed by atoms with Crippen LogP contribution in [-0.4, -0.2) is 15.0 Å². The monoisotopic (exact) mass is 787 g/mol. The molecule has 5 heteroatoms. The fourth-order valence-electron chi connectivity index (χ4n) is 8.45. The van der Waals surface area contributed by atoms with Crippen LogP contribution in [0.4, 0.5) is 0 Å². The molecule has 284 valence electrons. The Morgan fingerprint density at radius 3 is 1.50 bits per heavy atom.